The summed E-state index contributed by atoms with van der Waals surface area (Å²) in [6.07, 6.45) is -5.34. The first-order chi connectivity index (χ1) is 10.7. The van der Waals surface area contributed by atoms with E-state index in [0.717, 1.165) is 5.56 Å². The number of aryl methyl sites for hydroxylation is 1. The highest BCUT2D eigenvalue weighted by atomic mass is 19.4. The summed E-state index contributed by atoms with van der Waals surface area (Å²) < 4.78 is 41.7. The van der Waals surface area contributed by atoms with Gasteiger partial charge in [-0.25, -0.2) is 4.79 Å². The van der Waals surface area contributed by atoms with Crippen molar-refractivity contribution < 1.29 is 32.6 Å². The highest BCUT2D eigenvalue weighted by molar-refractivity contribution is 5.83. The molecule has 128 valence electrons. The number of hydrogen-bond acceptors (Lipinski definition) is 3. The zero-order valence-electron chi connectivity index (χ0n) is 12.5. The molecule has 0 spiro atoms. The van der Waals surface area contributed by atoms with E-state index in [2.05, 4.69) is 0 Å². The van der Waals surface area contributed by atoms with Crippen molar-refractivity contribution in [1.82, 2.24) is 5.32 Å². The fraction of sp³-hybridized carbons (Fsp3) is 0.467. The molecule has 5 nitrogen and oxygen atoms in total. The SMILES string of the molecule is COc1ccc(CCCC(=O)NC(CC(F)(F)F)C(=O)O)cc1. The number of rotatable bonds is 8. The summed E-state index contributed by atoms with van der Waals surface area (Å²) in [5.41, 5.74) is 0.948. The van der Waals surface area contributed by atoms with E-state index in [-0.39, 0.29) is 6.42 Å². The van der Waals surface area contributed by atoms with Crippen LogP contribution in [0, 0.1) is 0 Å². The number of carbonyl (C=O) groups excluding carboxylic acids is 1. The van der Waals surface area contributed by atoms with Gasteiger partial charge in [0.2, 0.25) is 5.91 Å². The average Bonchev–Trinajstić information content (AvgIpc) is 2.46. The second-order valence-electron chi connectivity index (χ2n) is 4.98. The molecule has 0 saturated carbocycles. The van der Waals surface area contributed by atoms with Gasteiger partial charge in [-0.05, 0) is 30.5 Å². The Bertz CT molecular complexity index is 529. The summed E-state index contributed by atoms with van der Waals surface area (Å²) in [6, 6.07) is 5.21. The van der Waals surface area contributed by atoms with Crippen LogP contribution in [0.4, 0.5) is 13.2 Å². The Kier molecular flexibility index (Phi) is 6.87. The molecule has 1 aromatic rings. The Morgan fingerprint density at radius 3 is 2.35 bits per heavy atom. The second kappa shape index (κ2) is 8.40. The van der Waals surface area contributed by atoms with Crippen LogP contribution in [0.25, 0.3) is 0 Å². The molecule has 0 radical (unpaired) electrons. The topological polar surface area (TPSA) is 75.6 Å². The Labute approximate surface area is 131 Å². The molecule has 0 aliphatic carbocycles. The van der Waals surface area contributed by atoms with Crippen molar-refractivity contribution in [3.63, 3.8) is 0 Å². The van der Waals surface area contributed by atoms with Crippen molar-refractivity contribution in [2.45, 2.75) is 37.9 Å². The fourth-order valence-electron chi connectivity index (χ4n) is 1.94. The molecule has 0 saturated heterocycles. The minimum absolute atomic E-state index is 0.0480. The van der Waals surface area contributed by atoms with Gasteiger partial charge in [-0.15, -0.1) is 0 Å². The van der Waals surface area contributed by atoms with Gasteiger partial charge in [0, 0.05) is 6.42 Å². The standard InChI is InChI=1S/C15H18F3NO4/c1-23-11-7-5-10(6-8-11)3-2-4-13(20)19-12(14(21)22)9-15(16,17)18/h5-8,12H,2-4,9H2,1H3,(H,19,20)(H,21,22). The van der Waals surface area contributed by atoms with Crippen LogP contribution >= 0.6 is 0 Å². The number of alkyl halides is 3. The quantitative estimate of drug-likeness (QED) is 0.766. The first kappa shape index (κ1) is 18.8. The highest BCUT2D eigenvalue weighted by Crippen LogP contribution is 2.21. The molecule has 1 unspecified atom stereocenters. The fourth-order valence-corrected chi connectivity index (χ4v) is 1.94. The van der Waals surface area contributed by atoms with Crippen molar-refractivity contribution >= 4 is 11.9 Å². The van der Waals surface area contributed by atoms with Crippen molar-refractivity contribution in [3.8, 4) is 5.75 Å². The second-order valence-corrected chi connectivity index (χ2v) is 4.98. The van der Waals surface area contributed by atoms with E-state index in [1.165, 1.54) is 0 Å². The maximum Gasteiger partial charge on any atom is 0.391 e. The van der Waals surface area contributed by atoms with Crippen LogP contribution in [0.1, 0.15) is 24.8 Å². The molecular weight excluding hydrogens is 315 g/mol. The summed E-state index contributed by atoms with van der Waals surface area (Å²) in [7, 11) is 1.54. The van der Waals surface area contributed by atoms with Crippen molar-refractivity contribution in [1.29, 1.82) is 0 Å². The largest absolute Gasteiger partial charge is 0.497 e. The minimum Gasteiger partial charge on any atom is -0.497 e. The zero-order valence-corrected chi connectivity index (χ0v) is 12.5. The summed E-state index contributed by atoms with van der Waals surface area (Å²) in [4.78, 5) is 22.3. The van der Waals surface area contributed by atoms with Gasteiger partial charge in [0.15, 0.2) is 0 Å². The van der Waals surface area contributed by atoms with Crippen LogP contribution in [0.15, 0.2) is 24.3 Å². The number of hydrogen-bond donors (Lipinski definition) is 2. The molecule has 23 heavy (non-hydrogen) atoms. The number of carboxylic acids is 1. The van der Waals surface area contributed by atoms with Gasteiger partial charge < -0.3 is 15.2 Å². The molecule has 1 atom stereocenters. The Balaban J connectivity index is 2.41. The Hall–Kier alpha value is -2.25. The van der Waals surface area contributed by atoms with Crippen LogP contribution in [0.3, 0.4) is 0 Å². The van der Waals surface area contributed by atoms with Crippen LogP contribution < -0.4 is 10.1 Å². The van der Waals surface area contributed by atoms with Gasteiger partial charge >= 0.3 is 12.1 Å². The molecule has 0 fully saturated rings. The van der Waals surface area contributed by atoms with Crippen molar-refractivity contribution in [2.75, 3.05) is 7.11 Å². The number of nitrogens with one attached hydrogen (secondary N) is 1. The van der Waals surface area contributed by atoms with E-state index >= 15 is 0 Å². The predicted octanol–water partition coefficient (Wildman–Crippen LogP) is 2.54. The van der Waals surface area contributed by atoms with Gasteiger partial charge in [-0.1, -0.05) is 12.1 Å². The molecule has 0 heterocycles. The first-order valence-electron chi connectivity index (χ1n) is 6.93. The van der Waals surface area contributed by atoms with Crippen LogP contribution in [-0.4, -0.2) is 36.3 Å². The van der Waals surface area contributed by atoms with Crippen molar-refractivity contribution in [2.24, 2.45) is 0 Å². The van der Waals surface area contributed by atoms with E-state index in [4.69, 9.17) is 9.84 Å². The van der Waals surface area contributed by atoms with E-state index in [1.54, 1.807) is 19.2 Å². The van der Waals surface area contributed by atoms with E-state index in [1.807, 2.05) is 17.4 Å². The van der Waals surface area contributed by atoms with Gasteiger partial charge in [0.05, 0.1) is 13.5 Å². The lowest BCUT2D eigenvalue weighted by Gasteiger charge is -2.16. The molecule has 2 N–H and O–H groups in total. The summed E-state index contributed by atoms with van der Waals surface area (Å²) in [5.74, 6) is -1.72. The molecule has 0 aromatic heterocycles. The lowest BCUT2D eigenvalue weighted by atomic mass is 10.1. The monoisotopic (exact) mass is 333 g/mol. The van der Waals surface area contributed by atoms with Gasteiger partial charge in [-0.3, -0.25) is 4.79 Å². The van der Waals surface area contributed by atoms with Crippen molar-refractivity contribution in [3.05, 3.63) is 29.8 Å². The van der Waals surface area contributed by atoms with Crippen LogP contribution in [0.2, 0.25) is 0 Å². The van der Waals surface area contributed by atoms with Crippen LogP contribution in [0.5, 0.6) is 5.75 Å². The third-order valence-corrected chi connectivity index (χ3v) is 3.10. The Morgan fingerprint density at radius 2 is 1.87 bits per heavy atom. The van der Waals surface area contributed by atoms with E-state index in [0.29, 0.717) is 18.6 Å². The smallest absolute Gasteiger partial charge is 0.391 e. The maximum absolute atomic E-state index is 12.2. The third kappa shape index (κ3) is 7.53. The normalized spacial score (nSPS) is 12.5. The number of benzene rings is 1. The number of carboxylic acid groups (broad SMARTS) is 1. The molecule has 0 bridgehead atoms. The number of aliphatic carboxylic acids is 1. The molecule has 0 aliphatic rings. The average molecular weight is 333 g/mol. The maximum atomic E-state index is 12.2. The lowest BCUT2D eigenvalue weighted by Crippen LogP contribution is -2.43. The third-order valence-electron chi connectivity index (χ3n) is 3.10. The number of amides is 1. The molecule has 8 heteroatoms. The number of carbonyl (C=O) groups is 2. The first-order valence-corrected chi connectivity index (χ1v) is 6.93. The van der Waals surface area contributed by atoms with E-state index < -0.39 is 30.5 Å². The van der Waals surface area contributed by atoms with E-state index in [9.17, 15) is 22.8 Å². The van der Waals surface area contributed by atoms with Gasteiger partial charge in [0.25, 0.3) is 0 Å². The molecule has 1 aromatic carbocycles. The van der Waals surface area contributed by atoms with Gasteiger partial charge in [0.1, 0.15) is 11.8 Å². The summed E-state index contributed by atoms with van der Waals surface area (Å²) in [6.45, 7) is 0. The molecule has 1 amide bonds. The summed E-state index contributed by atoms with van der Waals surface area (Å²) in [5, 5.41) is 10.6. The van der Waals surface area contributed by atoms with Crippen LogP contribution in [-0.2, 0) is 16.0 Å². The molecule has 0 aliphatic heterocycles. The number of ether oxygens (including phenoxy) is 1. The lowest BCUT2D eigenvalue weighted by molar-refractivity contribution is -0.160. The molecule has 1 rings (SSSR count). The zero-order chi connectivity index (χ0) is 17.5. The Morgan fingerprint density at radius 1 is 1.26 bits per heavy atom. The highest BCUT2D eigenvalue weighted by Gasteiger charge is 2.36. The van der Waals surface area contributed by atoms with Gasteiger partial charge in [-0.2, -0.15) is 13.2 Å². The number of halogens is 3. The number of methoxy groups -OCH3 is 1. The predicted molar refractivity (Wildman–Crippen MR) is 76.2 cm³/mol. The summed E-state index contributed by atoms with van der Waals surface area (Å²) >= 11 is 0. The minimum atomic E-state index is -4.65. The molecular formula is C15H18F3NO4.